The van der Waals surface area contributed by atoms with Crippen molar-refractivity contribution in [3.8, 4) is 11.5 Å². The van der Waals surface area contributed by atoms with E-state index >= 15 is 0 Å². The number of carbonyl (C=O) groups is 1. The largest absolute Gasteiger partial charge is 0.497 e. The van der Waals surface area contributed by atoms with E-state index in [-0.39, 0.29) is 23.0 Å². The van der Waals surface area contributed by atoms with Crippen LogP contribution in [0, 0.1) is 63.7 Å². The molecule has 0 atom stereocenters. The van der Waals surface area contributed by atoms with E-state index < -0.39 is 0 Å². The maximum Gasteiger partial charge on any atom is 0.261 e. The maximum atomic E-state index is 12.9. The van der Waals surface area contributed by atoms with Gasteiger partial charge >= 0.3 is 0 Å². The third-order valence-corrected chi connectivity index (χ3v) is 4.75. The Labute approximate surface area is 197 Å². The monoisotopic (exact) mass is 455 g/mol. The van der Waals surface area contributed by atoms with Gasteiger partial charge in [0, 0.05) is 35.7 Å². The van der Waals surface area contributed by atoms with Crippen LogP contribution in [0.5, 0.6) is 11.5 Å². The van der Waals surface area contributed by atoms with Gasteiger partial charge in [0.05, 0.1) is 19.8 Å². The summed E-state index contributed by atoms with van der Waals surface area (Å²) in [7, 11) is 4.87. The molecule has 0 spiro atoms. The molecular formula is C26H25FeNO3. The van der Waals surface area contributed by atoms with Crippen molar-refractivity contribution in [1.82, 2.24) is 0 Å². The molecule has 0 unspecified atom stereocenters. The number of carbonyl (C=O) groups excluding carboxylic acids is 1. The van der Waals surface area contributed by atoms with Crippen molar-refractivity contribution in [2.75, 3.05) is 26.2 Å². The average Bonchev–Trinajstić information content (AvgIpc) is 3.55. The maximum absolute atomic E-state index is 12.9. The molecule has 0 heterocycles. The number of ether oxygens (including phenoxy) is 2. The molecule has 2 saturated carbocycles. The number of hydrogen-bond donors (Lipinski definition) is 0. The van der Waals surface area contributed by atoms with Crippen molar-refractivity contribution in [2.45, 2.75) is 0 Å². The summed E-state index contributed by atoms with van der Waals surface area (Å²) in [6.45, 7) is 0. The zero-order valence-electron chi connectivity index (χ0n) is 17.8. The molecule has 2 fully saturated rings. The van der Waals surface area contributed by atoms with Gasteiger partial charge in [-0.1, -0.05) is 12.1 Å². The van der Waals surface area contributed by atoms with E-state index in [0.29, 0.717) is 17.1 Å². The minimum absolute atomic E-state index is 0. The number of benzene rings is 2. The van der Waals surface area contributed by atoms with Gasteiger partial charge in [-0.05, 0) is 93.7 Å². The molecule has 0 aliphatic heterocycles. The van der Waals surface area contributed by atoms with Crippen LogP contribution in [0.3, 0.4) is 0 Å². The molecule has 0 bridgehead atoms. The summed E-state index contributed by atoms with van der Waals surface area (Å²) < 4.78 is 10.5. The third kappa shape index (κ3) is 6.75. The van der Waals surface area contributed by atoms with Crippen molar-refractivity contribution in [1.29, 1.82) is 0 Å². The first kappa shape index (κ1) is 25.3. The second kappa shape index (κ2) is 12.8. The quantitative estimate of drug-likeness (QED) is 0.611. The van der Waals surface area contributed by atoms with Crippen LogP contribution >= 0.6 is 0 Å². The topological polar surface area (TPSA) is 38.8 Å². The molecule has 4 nitrogen and oxygen atoms in total. The Balaban J connectivity index is 0.000000501. The Hall–Kier alpha value is -1.97. The van der Waals surface area contributed by atoms with Crippen LogP contribution in [0.15, 0.2) is 42.5 Å². The van der Waals surface area contributed by atoms with Gasteiger partial charge in [-0.25, -0.2) is 0 Å². The number of rotatable bonds is 5. The number of methoxy groups -OCH3 is 2. The second-order valence-corrected chi connectivity index (χ2v) is 6.61. The van der Waals surface area contributed by atoms with Gasteiger partial charge in [0.1, 0.15) is 11.5 Å². The Morgan fingerprint density at radius 1 is 0.774 bits per heavy atom. The molecule has 1 amide bonds. The zero-order chi connectivity index (χ0) is 21.3. The van der Waals surface area contributed by atoms with Crippen molar-refractivity contribution < 1.29 is 31.3 Å². The van der Waals surface area contributed by atoms with Crippen LogP contribution in [-0.2, 0) is 17.1 Å². The first-order valence-corrected chi connectivity index (χ1v) is 9.63. The van der Waals surface area contributed by atoms with Gasteiger partial charge in [-0.3, -0.25) is 4.79 Å². The van der Waals surface area contributed by atoms with E-state index in [1.807, 2.05) is 69.2 Å². The summed E-state index contributed by atoms with van der Waals surface area (Å²) in [5, 5.41) is 0. The second-order valence-electron chi connectivity index (χ2n) is 6.61. The van der Waals surface area contributed by atoms with Crippen LogP contribution in [0.2, 0.25) is 0 Å². The third-order valence-electron chi connectivity index (χ3n) is 4.75. The SMILES string of the molecule is COc1ccc(OC)c(C(=O)N(C)c2ccc([C]3[CH][CH][CH][CH]3)cc2)c1.[CH]1[CH][CH][CH][CH]1.[Fe]. The first-order chi connectivity index (χ1) is 14.6. The van der Waals surface area contributed by atoms with Crippen LogP contribution in [0.25, 0.3) is 0 Å². The summed E-state index contributed by atoms with van der Waals surface area (Å²) in [5.41, 5.74) is 2.39. The molecular weight excluding hydrogens is 430 g/mol. The smallest absolute Gasteiger partial charge is 0.261 e. The minimum atomic E-state index is -0.156. The molecule has 2 aromatic carbocycles. The molecule has 31 heavy (non-hydrogen) atoms. The normalized spacial score (nSPS) is 15.5. The molecule has 2 aromatic rings. The number of hydrogen-bond acceptors (Lipinski definition) is 3. The molecule has 160 valence electrons. The Kier molecular flexibility index (Phi) is 10.4. The van der Waals surface area contributed by atoms with E-state index in [1.165, 1.54) is 0 Å². The zero-order valence-corrected chi connectivity index (χ0v) is 18.9. The fraction of sp³-hybridized carbons (Fsp3) is 0.115. The van der Waals surface area contributed by atoms with Gasteiger partial charge in [-0.2, -0.15) is 0 Å². The summed E-state index contributed by atoms with van der Waals surface area (Å²) in [6, 6.07) is 13.1. The van der Waals surface area contributed by atoms with Crippen molar-refractivity contribution in [3.05, 3.63) is 117 Å². The van der Waals surface area contributed by atoms with Crippen molar-refractivity contribution >= 4 is 11.6 Å². The molecule has 0 N–H and O–H groups in total. The number of amides is 1. The van der Waals surface area contributed by atoms with Crippen LogP contribution in [-0.4, -0.2) is 27.2 Å². The predicted octanol–water partition coefficient (Wildman–Crippen LogP) is 4.75. The fourth-order valence-corrected chi connectivity index (χ4v) is 3.04. The van der Waals surface area contributed by atoms with E-state index in [2.05, 4.69) is 12.8 Å². The number of nitrogens with zero attached hydrogens (tertiary/aromatic N) is 1. The minimum Gasteiger partial charge on any atom is -0.497 e. The van der Waals surface area contributed by atoms with Crippen molar-refractivity contribution in [3.63, 3.8) is 0 Å². The van der Waals surface area contributed by atoms with Crippen LogP contribution < -0.4 is 14.4 Å². The fourth-order valence-electron chi connectivity index (χ4n) is 3.04. The van der Waals surface area contributed by atoms with Gasteiger partial charge in [0.15, 0.2) is 0 Å². The summed E-state index contributed by atoms with van der Waals surface area (Å²) in [5.74, 6) is 2.14. The van der Waals surface area contributed by atoms with Gasteiger partial charge in [0.25, 0.3) is 5.91 Å². The van der Waals surface area contributed by atoms with Gasteiger partial charge in [-0.15, -0.1) is 0 Å². The van der Waals surface area contributed by atoms with E-state index in [9.17, 15) is 4.79 Å². The molecule has 2 aliphatic carbocycles. The Morgan fingerprint density at radius 3 is 1.87 bits per heavy atom. The molecule has 10 radical (unpaired) electrons. The standard InChI is InChI=1S/C21H20NO3.C5H5.Fe/c1-22(17-10-8-16(9-11-17)15-6-4-5-7-15)21(23)19-14-18(24-2)12-13-20(19)25-3;1-2-4-5-3-1;/h4-14H,1-3H3;1-5H;. The van der Waals surface area contributed by atoms with E-state index in [4.69, 9.17) is 9.47 Å². The molecule has 5 heteroatoms. The first-order valence-electron chi connectivity index (χ1n) is 9.63. The number of anilines is 1. The van der Waals surface area contributed by atoms with E-state index in [0.717, 1.165) is 17.2 Å². The molecule has 4 rings (SSSR count). The Bertz CT molecular complexity index is 804. The van der Waals surface area contributed by atoms with Crippen LogP contribution in [0.1, 0.15) is 15.9 Å². The molecule has 0 aromatic heterocycles. The van der Waals surface area contributed by atoms with E-state index in [1.54, 1.807) is 44.4 Å². The predicted molar refractivity (Wildman–Crippen MR) is 120 cm³/mol. The average molecular weight is 455 g/mol. The molecule has 0 saturated heterocycles. The summed E-state index contributed by atoms with van der Waals surface area (Å²) >= 11 is 0. The van der Waals surface area contributed by atoms with Gasteiger partial charge < -0.3 is 14.4 Å². The summed E-state index contributed by atoms with van der Waals surface area (Å²) in [6.07, 6.45) is 18.1. The Morgan fingerprint density at radius 2 is 1.35 bits per heavy atom. The molecule has 2 aliphatic rings. The van der Waals surface area contributed by atoms with Crippen molar-refractivity contribution in [2.24, 2.45) is 0 Å². The van der Waals surface area contributed by atoms with Gasteiger partial charge in [0.2, 0.25) is 0 Å². The summed E-state index contributed by atoms with van der Waals surface area (Å²) in [4.78, 5) is 14.5. The van der Waals surface area contributed by atoms with Crippen LogP contribution in [0.4, 0.5) is 5.69 Å².